The van der Waals surface area contributed by atoms with Gasteiger partial charge in [0.2, 0.25) is 0 Å². The topological polar surface area (TPSA) is 15.3 Å². The van der Waals surface area contributed by atoms with E-state index in [0.29, 0.717) is 0 Å². The maximum absolute atomic E-state index is 3.57. The van der Waals surface area contributed by atoms with Crippen LogP contribution in [0.2, 0.25) is 0 Å². The van der Waals surface area contributed by atoms with Gasteiger partial charge in [0.1, 0.15) is 0 Å². The van der Waals surface area contributed by atoms with Gasteiger partial charge >= 0.3 is 0 Å². The van der Waals surface area contributed by atoms with Crippen molar-refractivity contribution in [2.75, 3.05) is 26.2 Å². The van der Waals surface area contributed by atoms with Gasteiger partial charge in [-0.2, -0.15) is 0 Å². The smallest absolute Gasteiger partial charge is 0.00965 e. The predicted octanol–water partition coefficient (Wildman–Crippen LogP) is 3.28. The molecule has 1 unspecified atom stereocenters. The van der Waals surface area contributed by atoms with E-state index in [2.05, 4.69) is 37.9 Å². The Balaban J connectivity index is 2.11. The van der Waals surface area contributed by atoms with Gasteiger partial charge in [-0.25, -0.2) is 0 Å². The van der Waals surface area contributed by atoms with E-state index in [1.807, 2.05) is 0 Å². The highest BCUT2D eigenvalue weighted by Crippen LogP contribution is 2.20. The second-order valence-corrected chi connectivity index (χ2v) is 6.58. The van der Waals surface area contributed by atoms with Crippen molar-refractivity contribution >= 4 is 0 Å². The Morgan fingerprint density at radius 1 is 1.18 bits per heavy atom. The molecule has 1 rings (SSSR count). The van der Waals surface area contributed by atoms with Crippen molar-refractivity contribution in [2.45, 2.75) is 65.3 Å². The van der Waals surface area contributed by atoms with Gasteiger partial charge in [0.25, 0.3) is 0 Å². The number of hydrogen-bond donors (Lipinski definition) is 1. The molecule has 0 saturated carbocycles. The normalized spacial score (nSPS) is 23.6. The molecular weight excluding hydrogens is 208 g/mol. The molecule has 1 aliphatic heterocycles. The summed E-state index contributed by atoms with van der Waals surface area (Å²) in [5.41, 5.74) is 0.270. The zero-order chi connectivity index (χ0) is 12.7. The van der Waals surface area contributed by atoms with Crippen LogP contribution in [0.5, 0.6) is 0 Å². The molecule has 0 aromatic heterocycles. The minimum absolute atomic E-state index is 0.270. The van der Waals surface area contributed by atoms with E-state index >= 15 is 0 Å². The van der Waals surface area contributed by atoms with E-state index in [-0.39, 0.29) is 5.54 Å². The van der Waals surface area contributed by atoms with Gasteiger partial charge in [-0.05, 0) is 78.6 Å². The summed E-state index contributed by atoms with van der Waals surface area (Å²) in [7, 11) is 0. The molecule has 2 heteroatoms. The molecule has 1 atom stereocenters. The fourth-order valence-electron chi connectivity index (χ4n) is 2.62. The predicted molar refractivity (Wildman–Crippen MR) is 76.4 cm³/mol. The maximum Gasteiger partial charge on any atom is 0.00965 e. The molecular formula is C15H32N2. The lowest BCUT2D eigenvalue weighted by Crippen LogP contribution is -2.38. The minimum atomic E-state index is 0.270. The van der Waals surface area contributed by atoms with Crippen LogP contribution in [0.1, 0.15) is 59.8 Å². The van der Waals surface area contributed by atoms with E-state index < -0.39 is 0 Å². The Labute approximate surface area is 108 Å². The number of likely N-dealkylation sites (tertiary alicyclic amines) is 1. The molecule has 17 heavy (non-hydrogen) atoms. The first-order valence-electron chi connectivity index (χ1n) is 7.48. The van der Waals surface area contributed by atoms with Crippen LogP contribution in [-0.2, 0) is 0 Å². The largest absolute Gasteiger partial charge is 0.312 e. The number of rotatable bonds is 5. The lowest BCUT2D eigenvalue weighted by atomic mass is 9.98. The average Bonchev–Trinajstić information content (AvgIpc) is 2.48. The van der Waals surface area contributed by atoms with Crippen LogP contribution in [0.4, 0.5) is 0 Å². The molecule has 1 heterocycles. The molecule has 0 aromatic carbocycles. The fraction of sp³-hybridized carbons (Fsp3) is 1.00. The Morgan fingerprint density at radius 3 is 2.59 bits per heavy atom. The summed E-state index contributed by atoms with van der Waals surface area (Å²) in [6.07, 6.45) is 6.94. The number of nitrogens with one attached hydrogen (secondary N) is 1. The molecule has 102 valence electrons. The molecule has 2 nitrogen and oxygen atoms in total. The highest BCUT2D eigenvalue weighted by Gasteiger charge is 2.15. The second kappa shape index (κ2) is 7.38. The van der Waals surface area contributed by atoms with Gasteiger partial charge in [-0.3, -0.25) is 0 Å². The lowest BCUT2D eigenvalue weighted by molar-refractivity contribution is 0.270. The van der Waals surface area contributed by atoms with Crippen LogP contribution in [0, 0.1) is 5.92 Å². The first kappa shape index (κ1) is 15.0. The summed E-state index contributed by atoms with van der Waals surface area (Å²) >= 11 is 0. The quantitative estimate of drug-likeness (QED) is 0.742. The number of nitrogens with zero attached hydrogens (tertiary/aromatic N) is 1. The highest BCUT2D eigenvalue weighted by molar-refractivity contribution is 4.72. The Bertz CT molecular complexity index is 196. The summed E-state index contributed by atoms with van der Waals surface area (Å²) in [4.78, 5) is 2.67. The molecule has 1 fully saturated rings. The first-order valence-corrected chi connectivity index (χ1v) is 7.48. The first-order chi connectivity index (χ1) is 8.01. The zero-order valence-corrected chi connectivity index (χ0v) is 12.4. The SMILES string of the molecule is CCC1CCCN(CCCNC(C)(C)C)CC1. The number of hydrogen-bond acceptors (Lipinski definition) is 2. The van der Waals surface area contributed by atoms with Crippen molar-refractivity contribution in [3.63, 3.8) is 0 Å². The fourth-order valence-corrected chi connectivity index (χ4v) is 2.62. The van der Waals surface area contributed by atoms with Crippen molar-refractivity contribution in [2.24, 2.45) is 5.92 Å². The molecule has 1 saturated heterocycles. The highest BCUT2D eigenvalue weighted by atomic mass is 15.1. The summed E-state index contributed by atoms with van der Waals surface area (Å²) in [5.74, 6) is 0.993. The maximum atomic E-state index is 3.57. The van der Waals surface area contributed by atoms with Crippen molar-refractivity contribution in [3.8, 4) is 0 Å². The van der Waals surface area contributed by atoms with Crippen LogP contribution in [0.15, 0.2) is 0 Å². The van der Waals surface area contributed by atoms with Crippen LogP contribution >= 0.6 is 0 Å². The van der Waals surface area contributed by atoms with Gasteiger partial charge < -0.3 is 10.2 Å². The Hall–Kier alpha value is -0.0800. The third-order valence-electron chi connectivity index (χ3n) is 3.82. The standard InChI is InChI=1S/C15H32N2/c1-5-14-8-6-11-17(13-9-14)12-7-10-16-15(2,3)4/h14,16H,5-13H2,1-4H3. The molecule has 0 aliphatic carbocycles. The van der Waals surface area contributed by atoms with Crippen LogP contribution in [-0.4, -0.2) is 36.6 Å². The summed E-state index contributed by atoms with van der Waals surface area (Å²) in [5, 5.41) is 3.57. The average molecular weight is 240 g/mol. The Morgan fingerprint density at radius 2 is 1.94 bits per heavy atom. The van der Waals surface area contributed by atoms with E-state index in [4.69, 9.17) is 0 Å². The molecule has 0 spiro atoms. The van der Waals surface area contributed by atoms with E-state index in [9.17, 15) is 0 Å². The molecule has 0 aromatic rings. The Kier molecular flexibility index (Phi) is 6.50. The second-order valence-electron chi connectivity index (χ2n) is 6.58. The molecule has 0 amide bonds. The summed E-state index contributed by atoms with van der Waals surface area (Å²) in [6, 6.07) is 0. The van der Waals surface area contributed by atoms with Gasteiger partial charge in [0.05, 0.1) is 0 Å². The molecule has 0 bridgehead atoms. The molecule has 1 aliphatic rings. The minimum Gasteiger partial charge on any atom is -0.312 e. The van der Waals surface area contributed by atoms with Crippen LogP contribution in [0.25, 0.3) is 0 Å². The molecule has 1 N–H and O–H groups in total. The third-order valence-corrected chi connectivity index (χ3v) is 3.82. The van der Waals surface area contributed by atoms with Gasteiger partial charge in [-0.15, -0.1) is 0 Å². The van der Waals surface area contributed by atoms with E-state index in [1.54, 1.807) is 0 Å². The van der Waals surface area contributed by atoms with Gasteiger partial charge in [0, 0.05) is 5.54 Å². The van der Waals surface area contributed by atoms with E-state index in [0.717, 1.165) is 12.5 Å². The molecule has 0 radical (unpaired) electrons. The lowest BCUT2D eigenvalue weighted by Gasteiger charge is -2.23. The monoisotopic (exact) mass is 240 g/mol. The van der Waals surface area contributed by atoms with E-state index in [1.165, 1.54) is 51.7 Å². The van der Waals surface area contributed by atoms with Crippen molar-refractivity contribution in [1.82, 2.24) is 10.2 Å². The van der Waals surface area contributed by atoms with Crippen molar-refractivity contribution in [1.29, 1.82) is 0 Å². The summed E-state index contributed by atoms with van der Waals surface area (Å²) < 4.78 is 0. The van der Waals surface area contributed by atoms with Crippen LogP contribution < -0.4 is 5.32 Å². The van der Waals surface area contributed by atoms with Crippen molar-refractivity contribution < 1.29 is 0 Å². The third kappa shape index (κ3) is 7.05. The van der Waals surface area contributed by atoms with Crippen LogP contribution in [0.3, 0.4) is 0 Å². The van der Waals surface area contributed by atoms with Gasteiger partial charge in [-0.1, -0.05) is 13.3 Å². The summed E-state index contributed by atoms with van der Waals surface area (Å²) in [6.45, 7) is 14.1. The van der Waals surface area contributed by atoms with Gasteiger partial charge in [0.15, 0.2) is 0 Å². The zero-order valence-electron chi connectivity index (χ0n) is 12.4. The van der Waals surface area contributed by atoms with Crippen molar-refractivity contribution in [3.05, 3.63) is 0 Å².